The normalized spacial score (nSPS) is 22.8. The van der Waals surface area contributed by atoms with E-state index in [0.717, 1.165) is 22.6 Å². The first-order valence-corrected chi connectivity index (χ1v) is 10.8. The molecule has 0 saturated carbocycles. The van der Waals surface area contributed by atoms with Crippen LogP contribution in [0.5, 0.6) is 0 Å². The van der Waals surface area contributed by atoms with Crippen LogP contribution in [-0.2, 0) is 15.0 Å². The molecule has 0 atom stereocenters. The van der Waals surface area contributed by atoms with Crippen molar-refractivity contribution in [1.82, 2.24) is 5.32 Å². The van der Waals surface area contributed by atoms with Crippen LogP contribution in [0.3, 0.4) is 0 Å². The summed E-state index contributed by atoms with van der Waals surface area (Å²) >= 11 is 0. The summed E-state index contributed by atoms with van der Waals surface area (Å²) in [6.07, 6.45) is 10.2. The van der Waals surface area contributed by atoms with Crippen LogP contribution in [0.2, 0.25) is 0 Å². The second-order valence-electron chi connectivity index (χ2n) is 9.26. The van der Waals surface area contributed by atoms with Crippen molar-refractivity contribution in [1.29, 1.82) is 5.26 Å². The van der Waals surface area contributed by atoms with Crippen molar-refractivity contribution in [3.63, 3.8) is 0 Å². The number of quaternary nitrogens is 1. The quantitative estimate of drug-likeness (QED) is 0.313. The van der Waals surface area contributed by atoms with Gasteiger partial charge in [0, 0.05) is 35.7 Å². The molecule has 4 rings (SSSR count). The van der Waals surface area contributed by atoms with Crippen molar-refractivity contribution < 1.29 is 18.9 Å². The van der Waals surface area contributed by atoms with Crippen LogP contribution in [-0.4, -0.2) is 43.5 Å². The Labute approximate surface area is 198 Å². The number of benzene rings is 1. The van der Waals surface area contributed by atoms with E-state index in [1.807, 2.05) is 31.5 Å². The standard InChI is InChI=1S/C26H25N5O3/c1-26(2)20-14-18(28-3)9-10-21(20)30-12-11-16(13-22(26)30)17(15-27)7-6-8-19-23(32)29-25(34)31(4,5)24(19)33/h6-14,28H,1-5H3/p+1. The summed E-state index contributed by atoms with van der Waals surface area (Å²) in [7, 11) is 4.71. The molecule has 0 bridgehead atoms. The van der Waals surface area contributed by atoms with E-state index in [2.05, 4.69) is 47.6 Å². The van der Waals surface area contributed by atoms with Crippen molar-refractivity contribution in [2.45, 2.75) is 19.3 Å². The van der Waals surface area contributed by atoms with Gasteiger partial charge >= 0.3 is 11.9 Å². The number of barbiturate groups is 1. The maximum Gasteiger partial charge on any atom is 0.430 e. The van der Waals surface area contributed by atoms with E-state index in [1.54, 1.807) is 6.08 Å². The Morgan fingerprint density at radius 3 is 2.65 bits per heavy atom. The largest absolute Gasteiger partial charge is 0.430 e. The number of nitriles is 1. The van der Waals surface area contributed by atoms with Gasteiger partial charge in [-0.1, -0.05) is 19.9 Å². The zero-order valence-corrected chi connectivity index (χ0v) is 19.8. The number of hydrogen-bond donors (Lipinski definition) is 2. The van der Waals surface area contributed by atoms with E-state index < -0.39 is 22.3 Å². The average molecular weight is 457 g/mol. The smallest absolute Gasteiger partial charge is 0.388 e. The van der Waals surface area contributed by atoms with E-state index in [4.69, 9.17) is 0 Å². The van der Waals surface area contributed by atoms with Crippen LogP contribution < -0.4 is 15.5 Å². The molecule has 0 aliphatic carbocycles. The van der Waals surface area contributed by atoms with Gasteiger partial charge in [0.2, 0.25) is 0 Å². The van der Waals surface area contributed by atoms with Crippen molar-refractivity contribution >= 4 is 29.2 Å². The monoisotopic (exact) mass is 456 g/mol. The van der Waals surface area contributed by atoms with E-state index in [1.165, 1.54) is 31.8 Å². The first-order chi connectivity index (χ1) is 16.0. The number of imide groups is 2. The molecule has 0 unspecified atom stereocenters. The van der Waals surface area contributed by atoms with Crippen LogP contribution >= 0.6 is 0 Å². The van der Waals surface area contributed by atoms with E-state index in [0.29, 0.717) is 5.57 Å². The van der Waals surface area contributed by atoms with Crippen LogP contribution in [0.1, 0.15) is 19.4 Å². The molecule has 1 fully saturated rings. The zero-order chi connectivity index (χ0) is 24.8. The molecule has 4 amide bonds. The van der Waals surface area contributed by atoms with Gasteiger partial charge in [0.1, 0.15) is 5.57 Å². The molecule has 3 heterocycles. The Bertz CT molecular complexity index is 1330. The number of urea groups is 1. The molecular formula is C26H26N5O3+. The third-order valence-electron chi connectivity index (χ3n) is 6.48. The fourth-order valence-corrected chi connectivity index (χ4v) is 4.28. The number of carbonyl (C=O) groups excluding carboxylic acids is 3. The summed E-state index contributed by atoms with van der Waals surface area (Å²) in [6, 6.07) is 7.77. The predicted molar refractivity (Wildman–Crippen MR) is 129 cm³/mol. The van der Waals surface area contributed by atoms with Crippen molar-refractivity contribution in [2.24, 2.45) is 0 Å². The molecule has 0 radical (unpaired) electrons. The predicted octanol–water partition coefficient (Wildman–Crippen LogP) is 3.39. The number of anilines is 2. The Hall–Kier alpha value is -4.22. The molecule has 3 aliphatic heterocycles. The maximum atomic E-state index is 12.5. The number of hydrogen-bond acceptors (Lipinski definition) is 6. The number of amides is 4. The molecule has 8 nitrogen and oxygen atoms in total. The lowest BCUT2D eigenvalue weighted by molar-refractivity contribution is -0.727. The Balaban J connectivity index is 1.68. The van der Waals surface area contributed by atoms with Gasteiger partial charge in [-0.25, -0.2) is 14.9 Å². The maximum absolute atomic E-state index is 12.5. The number of allylic oxidation sites excluding steroid dienone is 8. The first-order valence-electron chi connectivity index (χ1n) is 10.8. The highest BCUT2D eigenvalue weighted by molar-refractivity contribution is 6.24. The van der Waals surface area contributed by atoms with Gasteiger partial charge in [-0.3, -0.25) is 4.79 Å². The highest BCUT2D eigenvalue weighted by atomic mass is 16.2. The summed E-state index contributed by atoms with van der Waals surface area (Å²) in [4.78, 5) is 38.7. The molecule has 1 saturated heterocycles. The van der Waals surface area contributed by atoms with Crippen LogP contribution in [0, 0.1) is 11.3 Å². The van der Waals surface area contributed by atoms with Gasteiger partial charge in [0.15, 0.2) is 0 Å². The number of nitrogens with zero attached hydrogens (tertiary/aromatic N) is 3. The lowest BCUT2D eigenvalue weighted by Gasteiger charge is -2.28. The highest BCUT2D eigenvalue weighted by Gasteiger charge is 2.46. The van der Waals surface area contributed by atoms with Gasteiger partial charge in [0.05, 0.1) is 25.7 Å². The molecule has 0 spiro atoms. The van der Waals surface area contributed by atoms with E-state index in [9.17, 15) is 19.6 Å². The highest BCUT2D eigenvalue weighted by Crippen LogP contribution is 2.50. The van der Waals surface area contributed by atoms with Crippen molar-refractivity contribution in [3.05, 3.63) is 82.8 Å². The molecule has 2 N–H and O–H groups in total. The molecule has 1 aromatic rings. The summed E-state index contributed by atoms with van der Waals surface area (Å²) in [5.41, 5.74) is 5.07. The third kappa shape index (κ3) is 3.47. The van der Waals surface area contributed by atoms with Crippen molar-refractivity contribution in [2.75, 3.05) is 31.4 Å². The molecule has 3 aliphatic rings. The summed E-state index contributed by atoms with van der Waals surface area (Å²) in [5, 5.41) is 15.2. The molecular weight excluding hydrogens is 430 g/mol. The first kappa shape index (κ1) is 23.0. The molecule has 1 aromatic carbocycles. The van der Waals surface area contributed by atoms with E-state index in [-0.39, 0.29) is 11.0 Å². The number of rotatable bonds is 3. The second kappa shape index (κ2) is 7.97. The van der Waals surface area contributed by atoms with Crippen LogP contribution in [0.15, 0.2) is 77.2 Å². The van der Waals surface area contributed by atoms with Gasteiger partial charge in [-0.2, -0.15) is 9.74 Å². The number of carbonyl (C=O) groups is 3. The van der Waals surface area contributed by atoms with Crippen LogP contribution in [0.4, 0.5) is 16.2 Å². The second-order valence-corrected chi connectivity index (χ2v) is 9.26. The fourth-order valence-electron chi connectivity index (χ4n) is 4.28. The molecule has 0 aromatic heterocycles. The number of likely N-dealkylation sites (N-methyl/N-ethyl adjacent to an activating group) is 1. The minimum Gasteiger partial charge on any atom is -0.388 e. The summed E-state index contributed by atoms with van der Waals surface area (Å²) in [6.45, 7) is 4.30. The SMILES string of the molecule is CNc1ccc2c(c1)C(C)(C)C1=CC(=C(C#N)C=CC=C3C(=O)NC(=O)[N+](C)(C)C3=O)C=CN12. The lowest BCUT2D eigenvalue weighted by atomic mass is 9.82. The lowest BCUT2D eigenvalue weighted by Crippen LogP contribution is -2.62. The van der Waals surface area contributed by atoms with Gasteiger partial charge < -0.3 is 10.2 Å². The van der Waals surface area contributed by atoms with Gasteiger partial charge in [0.25, 0.3) is 5.91 Å². The minimum absolute atomic E-state index is 0.139. The van der Waals surface area contributed by atoms with Crippen molar-refractivity contribution in [3.8, 4) is 6.07 Å². The molecule has 34 heavy (non-hydrogen) atoms. The van der Waals surface area contributed by atoms with E-state index >= 15 is 0 Å². The number of nitrogens with one attached hydrogen (secondary N) is 2. The molecule has 172 valence electrons. The minimum atomic E-state index is -0.745. The van der Waals surface area contributed by atoms with Gasteiger partial charge in [-0.15, -0.1) is 0 Å². The Morgan fingerprint density at radius 2 is 1.97 bits per heavy atom. The summed E-state index contributed by atoms with van der Waals surface area (Å²) in [5.74, 6) is -1.35. The Kier molecular flexibility index (Phi) is 5.38. The third-order valence-corrected chi connectivity index (χ3v) is 6.48. The fraction of sp³-hybridized carbons (Fsp3) is 0.231. The van der Waals surface area contributed by atoms with Gasteiger partial charge in [-0.05, 0) is 53.6 Å². The molecule has 8 heteroatoms. The Morgan fingerprint density at radius 1 is 1.24 bits per heavy atom. The average Bonchev–Trinajstić information content (AvgIpc) is 3.03. The number of fused-ring (bicyclic) bond motifs is 3. The zero-order valence-electron chi connectivity index (χ0n) is 19.8. The summed E-state index contributed by atoms with van der Waals surface area (Å²) < 4.78 is -0.604. The van der Waals surface area contributed by atoms with Crippen LogP contribution in [0.25, 0.3) is 0 Å². The topological polar surface area (TPSA) is 102 Å².